The third-order valence-corrected chi connectivity index (χ3v) is 6.15. The van der Waals surface area contributed by atoms with Crippen molar-refractivity contribution in [3.8, 4) is 5.75 Å². The number of ether oxygens (including phenoxy) is 1. The number of fused-ring (bicyclic) bond motifs is 1. The lowest BCUT2D eigenvalue weighted by molar-refractivity contribution is 0.224. The normalized spacial score (nSPS) is 19.4. The van der Waals surface area contributed by atoms with Crippen molar-refractivity contribution in [1.82, 2.24) is 30.3 Å². The van der Waals surface area contributed by atoms with E-state index in [1.807, 2.05) is 36.7 Å². The van der Waals surface area contributed by atoms with Crippen molar-refractivity contribution in [2.24, 2.45) is 12.0 Å². The molecule has 9 heteroatoms. The van der Waals surface area contributed by atoms with Gasteiger partial charge in [-0.1, -0.05) is 24.3 Å². The van der Waals surface area contributed by atoms with E-state index in [0.29, 0.717) is 19.2 Å². The molecule has 1 aromatic heterocycles. The Kier molecular flexibility index (Phi) is 8.92. The van der Waals surface area contributed by atoms with Gasteiger partial charge in [0, 0.05) is 44.7 Å². The quantitative estimate of drug-likeness (QED) is 0.249. The number of halogens is 1. The molecule has 8 nitrogen and oxygen atoms in total. The third-order valence-electron chi connectivity index (χ3n) is 6.15. The van der Waals surface area contributed by atoms with Crippen LogP contribution >= 0.6 is 24.0 Å². The number of nitrogens with zero attached hydrogens (tertiary/aromatic N) is 5. The van der Waals surface area contributed by atoms with Gasteiger partial charge in [0.25, 0.3) is 0 Å². The molecule has 0 radical (unpaired) electrons. The van der Waals surface area contributed by atoms with Crippen molar-refractivity contribution < 1.29 is 4.74 Å². The first-order valence-electron chi connectivity index (χ1n) is 11.1. The van der Waals surface area contributed by atoms with Gasteiger partial charge in [-0.15, -0.1) is 40.8 Å². The molecule has 32 heavy (non-hydrogen) atoms. The van der Waals surface area contributed by atoms with Crippen LogP contribution in [0, 0.1) is 6.92 Å². The molecule has 1 saturated heterocycles. The minimum Gasteiger partial charge on any atom is -0.493 e. The smallest absolute Gasteiger partial charge is 0.192 e. The zero-order chi connectivity index (χ0) is 21.6. The number of benzene rings is 1. The van der Waals surface area contributed by atoms with Crippen LogP contribution in [0.1, 0.15) is 42.5 Å². The van der Waals surface area contributed by atoms with Crippen LogP contribution in [-0.2, 0) is 13.6 Å². The molecular weight excluding hydrogens is 517 g/mol. The van der Waals surface area contributed by atoms with E-state index in [1.54, 1.807) is 0 Å². The maximum absolute atomic E-state index is 5.83. The fourth-order valence-electron chi connectivity index (χ4n) is 4.16. The Hall–Kier alpha value is -2.14. The second kappa shape index (κ2) is 11.6. The average molecular weight is 551 g/mol. The molecule has 2 aliphatic heterocycles. The lowest BCUT2D eigenvalue weighted by Gasteiger charge is -2.34. The first kappa shape index (κ1) is 24.5. The number of hydrogen-bond donors (Lipinski definition) is 2. The lowest BCUT2D eigenvalue weighted by atomic mass is 10.0. The molecule has 1 unspecified atom stereocenters. The van der Waals surface area contributed by atoms with Crippen LogP contribution in [0.15, 0.2) is 41.9 Å². The third kappa shape index (κ3) is 6.00. The summed E-state index contributed by atoms with van der Waals surface area (Å²) in [6.07, 6.45) is 5.05. The van der Waals surface area contributed by atoms with Gasteiger partial charge >= 0.3 is 0 Å². The molecule has 0 aliphatic carbocycles. The summed E-state index contributed by atoms with van der Waals surface area (Å²) in [5, 5.41) is 15.8. The molecule has 2 aromatic rings. The molecule has 3 heterocycles. The first-order chi connectivity index (χ1) is 15.1. The summed E-state index contributed by atoms with van der Waals surface area (Å²) < 4.78 is 7.82. The number of rotatable bonds is 6. The molecule has 1 aromatic carbocycles. The van der Waals surface area contributed by atoms with Gasteiger partial charge in [0.1, 0.15) is 18.1 Å². The number of nitrogens with one attached hydrogen (secondary N) is 2. The Morgan fingerprint density at radius 1 is 1.22 bits per heavy atom. The predicted molar refractivity (Wildman–Crippen MR) is 138 cm³/mol. The molecule has 1 fully saturated rings. The van der Waals surface area contributed by atoms with Crippen molar-refractivity contribution in [3.63, 3.8) is 0 Å². The molecular formula is C23H34IN7O. The highest BCUT2D eigenvalue weighted by atomic mass is 127. The van der Waals surface area contributed by atoms with Gasteiger partial charge in [0.05, 0.1) is 12.6 Å². The van der Waals surface area contributed by atoms with E-state index >= 15 is 0 Å². The first-order valence-corrected chi connectivity index (χ1v) is 11.1. The zero-order valence-electron chi connectivity index (χ0n) is 19.0. The van der Waals surface area contributed by atoms with Crippen molar-refractivity contribution in [2.45, 2.75) is 44.8 Å². The molecule has 2 aliphatic rings. The van der Waals surface area contributed by atoms with Crippen molar-refractivity contribution in [3.05, 3.63) is 54.1 Å². The number of aromatic nitrogens is 3. The van der Waals surface area contributed by atoms with Gasteiger partial charge < -0.3 is 19.9 Å². The number of guanidine groups is 1. The topological polar surface area (TPSA) is 79.6 Å². The van der Waals surface area contributed by atoms with E-state index < -0.39 is 0 Å². The Bertz CT molecular complexity index is 921. The number of aryl methyl sites for hydroxylation is 1. The van der Waals surface area contributed by atoms with Gasteiger partial charge in [0.15, 0.2) is 11.8 Å². The van der Waals surface area contributed by atoms with Gasteiger partial charge in [-0.05, 0) is 25.8 Å². The highest BCUT2D eigenvalue weighted by Crippen LogP contribution is 2.31. The van der Waals surface area contributed by atoms with Crippen LogP contribution in [0.2, 0.25) is 0 Å². The van der Waals surface area contributed by atoms with Crippen LogP contribution in [0.5, 0.6) is 5.75 Å². The Morgan fingerprint density at radius 3 is 2.72 bits per heavy atom. The minimum absolute atomic E-state index is 0. The Labute approximate surface area is 207 Å². The summed E-state index contributed by atoms with van der Waals surface area (Å²) >= 11 is 0. The predicted octanol–water partition coefficient (Wildman–Crippen LogP) is 2.95. The van der Waals surface area contributed by atoms with Crippen LogP contribution in [0.25, 0.3) is 0 Å². The van der Waals surface area contributed by atoms with E-state index in [-0.39, 0.29) is 30.0 Å². The van der Waals surface area contributed by atoms with Gasteiger partial charge in [-0.3, -0.25) is 4.90 Å². The van der Waals surface area contributed by atoms with Crippen LogP contribution in [-0.4, -0.2) is 57.9 Å². The molecule has 0 bridgehead atoms. The Morgan fingerprint density at radius 2 is 2.00 bits per heavy atom. The SMILES string of the molecule is C=CCN1CCC(NC(=NCc2nnc(C)n2C)NC2CCOc3ccccc32)CC1.I. The summed E-state index contributed by atoms with van der Waals surface area (Å²) in [6.45, 7) is 10.1. The fourth-order valence-corrected chi connectivity index (χ4v) is 4.16. The standard InChI is InChI=1S/C23H33N7O.HI/c1-4-12-30-13-9-18(10-14-30)25-23(24-16-22-28-27-17(2)29(22)3)26-20-11-15-31-21-8-6-5-7-19(20)21;/h4-8,18,20H,1,9-16H2,2-3H3,(H2,24,25,26);1H. The molecule has 1 atom stereocenters. The second-order valence-electron chi connectivity index (χ2n) is 8.27. The van der Waals surface area contributed by atoms with Gasteiger partial charge in [-0.25, -0.2) is 4.99 Å². The van der Waals surface area contributed by atoms with Crippen molar-refractivity contribution in [1.29, 1.82) is 0 Å². The second-order valence-corrected chi connectivity index (χ2v) is 8.27. The zero-order valence-corrected chi connectivity index (χ0v) is 21.3. The number of hydrogen-bond acceptors (Lipinski definition) is 5. The van der Waals surface area contributed by atoms with Crippen molar-refractivity contribution >= 4 is 29.9 Å². The van der Waals surface area contributed by atoms with Gasteiger partial charge in [-0.2, -0.15) is 0 Å². The monoisotopic (exact) mass is 551 g/mol. The average Bonchev–Trinajstić information content (AvgIpc) is 3.11. The van der Waals surface area contributed by atoms with Crippen molar-refractivity contribution in [2.75, 3.05) is 26.2 Å². The van der Waals surface area contributed by atoms with E-state index in [0.717, 1.165) is 62.3 Å². The largest absolute Gasteiger partial charge is 0.493 e. The molecule has 4 rings (SSSR count). The molecule has 0 amide bonds. The van der Waals surface area contributed by atoms with Crippen LogP contribution in [0.3, 0.4) is 0 Å². The molecule has 174 valence electrons. The summed E-state index contributed by atoms with van der Waals surface area (Å²) in [7, 11) is 1.98. The maximum Gasteiger partial charge on any atom is 0.192 e. The van der Waals surface area contributed by atoms with E-state index in [1.165, 1.54) is 5.56 Å². The molecule has 0 saturated carbocycles. The van der Waals surface area contributed by atoms with Gasteiger partial charge in [0.2, 0.25) is 0 Å². The number of piperidine rings is 1. The summed E-state index contributed by atoms with van der Waals surface area (Å²) in [5.74, 6) is 3.52. The highest BCUT2D eigenvalue weighted by Gasteiger charge is 2.24. The van der Waals surface area contributed by atoms with Crippen LogP contribution < -0.4 is 15.4 Å². The fraction of sp³-hybridized carbons (Fsp3) is 0.522. The minimum atomic E-state index is 0. The van der Waals surface area contributed by atoms with Crippen LogP contribution in [0.4, 0.5) is 0 Å². The summed E-state index contributed by atoms with van der Waals surface area (Å²) in [6, 6.07) is 8.79. The number of para-hydroxylation sites is 1. The number of likely N-dealkylation sites (tertiary alicyclic amines) is 1. The molecule has 0 spiro atoms. The highest BCUT2D eigenvalue weighted by molar-refractivity contribution is 14.0. The van der Waals surface area contributed by atoms with E-state index in [2.05, 4.69) is 44.4 Å². The summed E-state index contributed by atoms with van der Waals surface area (Å²) in [4.78, 5) is 7.32. The summed E-state index contributed by atoms with van der Waals surface area (Å²) in [5.41, 5.74) is 1.18. The van der Waals surface area contributed by atoms with E-state index in [4.69, 9.17) is 9.73 Å². The van der Waals surface area contributed by atoms with E-state index in [9.17, 15) is 0 Å². The maximum atomic E-state index is 5.83. The number of aliphatic imine (C=N–C) groups is 1. The Balaban J connectivity index is 0.00000289. The molecule has 2 N–H and O–H groups in total. The lowest BCUT2D eigenvalue weighted by Crippen LogP contribution is -2.49.